The zero-order chi connectivity index (χ0) is 27.7. The van der Waals surface area contributed by atoms with Crippen LogP contribution in [0.2, 0.25) is 0 Å². The van der Waals surface area contributed by atoms with Gasteiger partial charge in [0.25, 0.3) is 0 Å². The van der Waals surface area contributed by atoms with Crippen molar-refractivity contribution >= 4 is 35.1 Å². The Kier molecular flexibility index (Phi) is 6.82. The minimum absolute atomic E-state index is 0.0248. The molecule has 4 atom stereocenters. The highest BCUT2D eigenvalue weighted by Crippen LogP contribution is 2.65. The highest BCUT2D eigenvalue weighted by atomic mass is 32.2. The second kappa shape index (κ2) is 10.6. The zero-order valence-electron chi connectivity index (χ0n) is 21.5. The van der Waals surface area contributed by atoms with Gasteiger partial charge in [-0.15, -0.1) is 11.8 Å². The smallest absolute Gasteiger partial charge is 0.233 e. The van der Waals surface area contributed by atoms with Crippen molar-refractivity contribution in [2.24, 2.45) is 28.1 Å². The molecule has 1 fully saturated rings. The molecule has 4 aromatic carbocycles. The lowest BCUT2D eigenvalue weighted by atomic mass is 9.57. The maximum absolute atomic E-state index is 14.6. The average molecular weight is 546 g/mol. The van der Waals surface area contributed by atoms with Crippen molar-refractivity contribution in [1.29, 1.82) is 5.41 Å². The van der Waals surface area contributed by atoms with Crippen LogP contribution in [0.25, 0.3) is 0 Å². The Labute approximate surface area is 236 Å². The average Bonchev–Trinajstić information content (AvgIpc) is 3.30. The lowest BCUT2D eigenvalue weighted by Crippen LogP contribution is -2.60. The van der Waals surface area contributed by atoms with E-state index in [4.69, 9.17) is 16.0 Å². The topological polar surface area (TPSA) is 106 Å². The molecule has 0 aromatic heterocycles. The minimum atomic E-state index is -1.61. The molecule has 2 heterocycles. The normalized spacial score (nSPS) is 25.7. The number of carbonyl (C=O) groups excluding carboxylic acids is 2. The molecule has 3 N–H and O–H groups in total. The first kappa shape index (κ1) is 25.8. The fourth-order valence-corrected chi connectivity index (χ4v) is 7.96. The van der Waals surface area contributed by atoms with Gasteiger partial charge in [-0.1, -0.05) is 126 Å². The van der Waals surface area contributed by atoms with E-state index in [2.05, 4.69) is 5.16 Å². The highest BCUT2D eigenvalue weighted by Gasteiger charge is 2.68. The third kappa shape index (κ3) is 4.14. The van der Waals surface area contributed by atoms with E-state index >= 15 is 0 Å². The van der Waals surface area contributed by atoms with E-state index in [1.54, 1.807) is 60.3 Å². The highest BCUT2D eigenvalue weighted by molar-refractivity contribution is 7.99. The predicted octanol–water partition coefficient (Wildman–Crippen LogP) is 6.48. The maximum Gasteiger partial charge on any atom is 0.233 e. The molecule has 40 heavy (non-hydrogen) atoms. The fraction of sp³-hybridized carbons (Fsp3) is 0.152. The molecule has 2 aliphatic heterocycles. The first-order valence-electron chi connectivity index (χ1n) is 13.1. The van der Waals surface area contributed by atoms with Crippen LogP contribution in [0.1, 0.15) is 42.3 Å². The van der Waals surface area contributed by atoms with E-state index in [1.165, 1.54) is 0 Å². The van der Waals surface area contributed by atoms with E-state index in [9.17, 15) is 9.59 Å². The van der Waals surface area contributed by atoms with Crippen LogP contribution in [0.4, 0.5) is 0 Å². The lowest BCUT2D eigenvalue weighted by molar-refractivity contribution is 0.0706. The van der Waals surface area contributed by atoms with Crippen LogP contribution in [-0.4, -0.2) is 23.3 Å². The van der Waals surface area contributed by atoms with Gasteiger partial charge in [0.2, 0.25) is 5.90 Å². The molecule has 0 amide bonds. The standard InChI is InChI=1S/C33H27N3O3S/c34-31-33(32(35)39-36-31)25(27(37)21-13-5-1-6-14-21)29(23-17-9-3-10-18-23)40-30(24-19-11-4-12-20-24)26(33)28(38)22-15-7-2-8-16-22/h1-20,25-26,29-30,35H,(H2,34,36). The molecule has 1 spiro atoms. The van der Waals surface area contributed by atoms with E-state index in [-0.39, 0.29) is 23.3 Å². The minimum Gasteiger partial charge on any atom is -0.383 e. The number of ketones is 2. The molecule has 0 radical (unpaired) electrons. The Morgan fingerprint density at radius 2 is 1.05 bits per heavy atom. The number of hydrogen-bond donors (Lipinski definition) is 2. The van der Waals surface area contributed by atoms with Gasteiger partial charge in [-0.2, -0.15) is 0 Å². The number of nitrogens with two attached hydrogens (primary N) is 1. The molecule has 0 saturated carbocycles. The molecule has 4 unspecified atom stereocenters. The van der Waals surface area contributed by atoms with Gasteiger partial charge in [-0.3, -0.25) is 15.0 Å². The van der Waals surface area contributed by atoms with Crippen molar-refractivity contribution < 1.29 is 14.4 Å². The summed E-state index contributed by atoms with van der Waals surface area (Å²) in [5.74, 6) is -2.60. The maximum atomic E-state index is 14.6. The van der Waals surface area contributed by atoms with Crippen molar-refractivity contribution in [2.75, 3.05) is 0 Å². The third-order valence-corrected chi connectivity index (χ3v) is 9.53. The largest absolute Gasteiger partial charge is 0.383 e. The number of nitrogens with one attached hydrogen (secondary N) is 1. The second-order valence-electron chi connectivity index (χ2n) is 9.98. The van der Waals surface area contributed by atoms with Crippen molar-refractivity contribution in [3.8, 4) is 0 Å². The summed E-state index contributed by atoms with van der Waals surface area (Å²) in [5, 5.41) is 12.3. The molecule has 2 aliphatic rings. The third-order valence-electron chi connectivity index (χ3n) is 7.85. The van der Waals surface area contributed by atoms with E-state index in [0.717, 1.165) is 11.1 Å². The van der Waals surface area contributed by atoms with Gasteiger partial charge < -0.3 is 10.6 Å². The Morgan fingerprint density at radius 3 is 1.40 bits per heavy atom. The first-order chi connectivity index (χ1) is 19.5. The molecule has 0 bridgehead atoms. The number of rotatable bonds is 6. The second-order valence-corrected chi connectivity index (χ2v) is 11.3. The summed E-state index contributed by atoms with van der Waals surface area (Å²) in [6.45, 7) is 0. The van der Waals surface area contributed by atoms with Crippen LogP contribution >= 0.6 is 11.8 Å². The Balaban J connectivity index is 1.65. The summed E-state index contributed by atoms with van der Waals surface area (Å²) in [6.07, 6.45) is 0. The summed E-state index contributed by atoms with van der Waals surface area (Å²) in [4.78, 5) is 34.7. The number of thioether (sulfide) groups is 1. The van der Waals surface area contributed by atoms with Gasteiger partial charge in [-0.05, 0) is 11.1 Å². The van der Waals surface area contributed by atoms with Crippen molar-refractivity contribution in [3.05, 3.63) is 144 Å². The van der Waals surface area contributed by atoms with E-state index in [0.29, 0.717) is 11.1 Å². The van der Waals surface area contributed by atoms with Crippen LogP contribution in [0.3, 0.4) is 0 Å². The molecule has 6 nitrogen and oxygen atoms in total. The fourth-order valence-electron chi connectivity index (χ4n) is 6.03. The number of amidine groups is 1. The van der Waals surface area contributed by atoms with Gasteiger partial charge in [0, 0.05) is 21.6 Å². The Hall–Kier alpha value is -4.49. The van der Waals surface area contributed by atoms with Gasteiger partial charge in [0.05, 0.1) is 11.8 Å². The molecule has 0 aliphatic carbocycles. The molecule has 1 saturated heterocycles. The number of oxime groups is 1. The number of carbonyl (C=O) groups is 2. The quantitative estimate of drug-likeness (QED) is 0.270. The molecular formula is C33H27N3O3S. The summed E-state index contributed by atoms with van der Waals surface area (Å²) in [7, 11) is 0. The monoisotopic (exact) mass is 545 g/mol. The number of nitrogens with zero attached hydrogens (tertiary/aromatic N) is 1. The van der Waals surface area contributed by atoms with Gasteiger partial charge in [-0.25, -0.2) is 0 Å². The van der Waals surface area contributed by atoms with Gasteiger partial charge in [0.15, 0.2) is 17.4 Å². The molecule has 6 rings (SSSR count). The summed E-state index contributed by atoms with van der Waals surface area (Å²) in [5.41, 5.74) is 7.85. The molecule has 7 heteroatoms. The van der Waals surface area contributed by atoms with Gasteiger partial charge in [0.1, 0.15) is 5.41 Å². The lowest BCUT2D eigenvalue weighted by Gasteiger charge is -2.51. The SMILES string of the molecule is N=C1ON=C(N)C12C(C(=O)c1ccccc1)C(c1ccccc1)SC(c1ccccc1)C2C(=O)c1ccccc1. The van der Waals surface area contributed by atoms with Crippen molar-refractivity contribution in [2.45, 2.75) is 10.5 Å². The van der Waals surface area contributed by atoms with Gasteiger partial charge >= 0.3 is 0 Å². The van der Waals surface area contributed by atoms with Crippen molar-refractivity contribution in [1.82, 2.24) is 0 Å². The summed E-state index contributed by atoms with van der Waals surface area (Å²) < 4.78 is 0. The Morgan fingerprint density at radius 1 is 0.675 bits per heavy atom. The molecular weight excluding hydrogens is 518 g/mol. The number of Topliss-reactive ketones (excluding diaryl/α,β-unsaturated/α-hetero) is 2. The summed E-state index contributed by atoms with van der Waals surface area (Å²) >= 11 is 1.56. The first-order valence-corrected chi connectivity index (χ1v) is 14.0. The summed E-state index contributed by atoms with van der Waals surface area (Å²) in [6, 6.07) is 37.4. The molecule has 198 valence electrons. The Bertz CT molecular complexity index is 1480. The van der Waals surface area contributed by atoms with Crippen LogP contribution in [0.5, 0.6) is 0 Å². The van der Waals surface area contributed by atoms with Crippen molar-refractivity contribution in [3.63, 3.8) is 0 Å². The molecule has 4 aromatic rings. The van der Waals surface area contributed by atoms with E-state index < -0.39 is 27.8 Å². The zero-order valence-corrected chi connectivity index (χ0v) is 22.3. The van der Waals surface area contributed by atoms with E-state index in [1.807, 2.05) is 72.8 Å². The predicted molar refractivity (Wildman–Crippen MR) is 157 cm³/mol. The van der Waals surface area contributed by atoms with Crippen LogP contribution in [-0.2, 0) is 4.84 Å². The number of benzene rings is 4. The number of hydrogen-bond acceptors (Lipinski definition) is 7. The van der Waals surface area contributed by atoms with Crippen LogP contribution < -0.4 is 5.73 Å². The van der Waals surface area contributed by atoms with Crippen LogP contribution in [0, 0.1) is 22.7 Å². The van der Waals surface area contributed by atoms with Crippen LogP contribution in [0.15, 0.2) is 126 Å².